The molecular formula is C5H10F2N2O2. The van der Waals surface area contributed by atoms with Crippen LogP contribution >= 0.6 is 0 Å². The number of aliphatic hydroxyl groups excluding tert-OH is 1. The molecule has 0 aromatic heterocycles. The second-order valence-corrected chi connectivity index (χ2v) is 2.00. The van der Waals surface area contributed by atoms with Crippen molar-refractivity contribution in [3.8, 4) is 0 Å². The lowest BCUT2D eigenvalue weighted by atomic mass is 10.3. The average molecular weight is 168 g/mol. The van der Waals surface area contributed by atoms with Crippen molar-refractivity contribution in [3.63, 3.8) is 0 Å². The van der Waals surface area contributed by atoms with E-state index in [9.17, 15) is 13.6 Å². The maximum atomic E-state index is 11.5. The molecule has 0 fully saturated rings. The predicted octanol–water partition coefficient (Wildman–Crippen LogP) is -1.31. The van der Waals surface area contributed by atoms with E-state index in [-0.39, 0.29) is 13.1 Å². The second-order valence-electron chi connectivity index (χ2n) is 2.00. The average Bonchev–Trinajstić information content (AvgIpc) is 1.86. The van der Waals surface area contributed by atoms with E-state index in [4.69, 9.17) is 5.11 Å². The van der Waals surface area contributed by atoms with Gasteiger partial charge in [-0.3, -0.25) is 4.79 Å². The summed E-state index contributed by atoms with van der Waals surface area (Å²) in [7, 11) is 0. The van der Waals surface area contributed by atoms with Gasteiger partial charge in [0.05, 0.1) is 6.54 Å². The van der Waals surface area contributed by atoms with Gasteiger partial charge >= 0.3 is 0 Å². The van der Waals surface area contributed by atoms with Crippen molar-refractivity contribution in [1.29, 1.82) is 0 Å². The quantitative estimate of drug-likeness (QED) is 0.477. The first kappa shape index (κ1) is 10.2. The number of alkyl halides is 2. The Morgan fingerprint density at radius 2 is 2.18 bits per heavy atom. The van der Waals surface area contributed by atoms with Gasteiger partial charge in [0, 0.05) is 6.54 Å². The van der Waals surface area contributed by atoms with Gasteiger partial charge in [-0.15, -0.1) is 0 Å². The first-order valence-corrected chi connectivity index (χ1v) is 2.99. The topological polar surface area (TPSA) is 75.4 Å². The Balaban J connectivity index is 3.31. The Morgan fingerprint density at radius 1 is 1.64 bits per heavy atom. The van der Waals surface area contributed by atoms with Crippen molar-refractivity contribution in [1.82, 2.24) is 5.32 Å². The largest absolute Gasteiger partial charge is 0.386 e. The molecule has 66 valence electrons. The van der Waals surface area contributed by atoms with Gasteiger partial charge < -0.3 is 16.2 Å². The lowest BCUT2D eigenvalue weighted by molar-refractivity contribution is -0.117. The summed E-state index contributed by atoms with van der Waals surface area (Å²) in [5.41, 5.74) is 4.68. The van der Waals surface area contributed by atoms with Crippen molar-refractivity contribution >= 4 is 5.91 Å². The van der Waals surface area contributed by atoms with Gasteiger partial charge in [-0.1, -0.05) is 0 Å². The number of carbonyl (C=O) groups is 1. The summed E-state index contributed by atoms with van der Waals surface area (Å²) in [6.45, 7) is -0.537. The predicted molar refractivity (Wildman–Crippen MR) is 34.1 cm³/mol. The van der Waals surface area contributed by atoms with Gasteiger partial charge in [0.15, 0.2) is 0 Å². The number of halogens is 2. The van der Waals surface area contributed by atoms with Crippen molar-refractivity contribution in [3.05, 3.63) is 0 Å². The molecule has 0 bridgehead atoms. The van der Waals surface area contributed by atoms with Crippen LogP contribution in [-0.2, 0) is 4.79 Å². The lowest BCUT2D eigenvalue weighted by Gasteiger charge is -2.08. The molecule has 0 saturated carbocycles. The van der Waals surface area contributed by atoms with E-state index in [1.807, 2.05) is 0 Å². The Morgan fingerprint density at radius 3 is 2.55 bits per heavy atom. The lowest BCUT2D eigenvalue weighted by Crippen LogP contribution is -2.37. The highest BCUT2D eigenvalue weighted by atomic mass is 19.3. The van der Waals surface area contributed by atoms with Crippen LogP contribution in [0.1, 0.15) is 0 Å². The fourth-order valence-corrected chi connectivity index (χ4v) is 0.432. The van der Waals surface area contributed by atoms with Crippen molar-refractivity contribution < 1.29 is 18.7 Å². The Kier molecular flexibility index (Phi) is 4.64. The monoisotopic (exact) mass is 168 g/mol. The molecule has 11 heavy (non-hydrogen) atoms. The van der Waals surface area contributed by atoms with Crippen LogP contribution in [0.4, 0.5) is 8.78 Å². The summed E-state index contributed by atoms with van der Waals surface area (Å²) in [6, 6.07) is 0. The minimum Gasteiger partial charge on any atom is -0.386 e. The van der Waals surface area contributed by atoms with Gasteiger partial charge in [0.25, 0.3) is 6.43 Å². The van der Waals surface area contributed by atoms with Gasteiger partial charge in [-0.25, -0.2) is 8.78 Å². The van der Waals surface area contributed by atoms with E-state index < -0.39 is 18.4 Å². The molecule has 0 aromatic carbocycles. The number of rotatable bonds is 5. The zero-order valence-electron chi connectivity index (χ0n) is 5.76. The number of primary amides is 1. The summed E-state index contributed by atoms with van der Waals surface area (Å²) in [4.78, 5) is 10.0. The van der Waals surface area contributed by atoms with Crippen LogP contribution in [0.5, 0.6) is 0 Å². The molecule has 0 rings (SSSR count). The molecule has 0 aliphatic rings. The van der Waals surface area contributed by atoms with Crippen LogP contribution in [0.15, 0.2) is 0 Å². The number of carbonyl (C=O) groups excluding carboxylic acids is 1. The zero-order chi connectivity index (χ0) is 8.85. The molecular weight excluding hydrogens is 158 g/mol. The highest BCUT2D eigenvalue weighted by Crippen LogP contribution is 1.97. The number of nitrogens with two attached hydrogens (primary N) is 1. The maximum Gasteiger partial charge on any atom is 0.265 e. The fraction of sp³-hybridized carbons (Fsp3) is 0.800. The summed E-state index contributed by atoms with van der Waals surface area (Å²) >= 11 is 0. The first-order valence-electron chi connectivity index (χ1n) is 2.99. The van der Waals surface area contributed by atoms with Crippen LogP contribution < -0.4 is 11.1 Å². The van der Waals surface area contributed by atoms with Crippen LogP contribution in [-0.4, -0.2) is 36.6 Å². The summed E-state index contributed by atoms with van der Waals surface area (Å²) in [5, 5.41) is 10.7. The highest BCUT2D eigenvalue weighted by Gasteiger charge is 2.15. The third-order valence-corrected chi connectivity index (χ3v) is 0.944. The molecule has 1 unspecified atom stereocenters. The van der Waals surface area contributed by atoms with E-state index >= 15 is 0 Å². The minimum atomic E-state index is -2.80. The standard InChI is InChI=1S/C5H10F2N2O2/c6-5(7)3(10)1-9-2-4(8)11/h3,5,9-10H,1-2H2,(H2,8,11). The Hall–Kier alpha value is -0.750. The van der Waals surface area contributed by atoms with E-state index in [0.29, 0.717) is 0 Å². The molecule has 1 amide bonds. The maximum absolute atomic E-state index is 11.5. The third kappa shape index (κ3) is 5.68. The van der Waals surface area contributed by atoms with Crippen molar-refractivity contribution in [2.45, 2.75) is 12.5 Å². The molecule has 1 atom stereocenters. The fourth-order valence-electron chi connectivity index (χ4n) is 0.432. The van der Waals surface area contributed by atoms with E-state index in [2.05, 4.69) is 11.1 Å². The summed E-state index contributed by atoms with van der Waals surface area (Å²) in [6.07, 6.45) is -4.54. The summed E-state index contributed by atoms with van der Waals surface area (Å²) < 4.78 is 23.1. The van der Waals surface area contributed by atoms with Crippen LogP contribution in [0.3, 0.4) is 0 Å². The van der Waals surface area contributed by atoms with Crippen LogP contribution in [0.25, 0.3) is 0 Å². The Bertz CT molecular complexity index is 132. The molecule has 0 saturated heterocycles. The molecule has 0 aliphatic heterocycles. The van der Waals surface area contributed by atoms with Gasteiger partial charge in [-0.05, 0) is 0 Å². The van der Waals surface area contributed by atoms with E-state index in [1.165, 1.54) is 0 Å². The normalized spacial score (nSPS) is 13.5. The number of amides is 1. The molecule has 0 radical (unpaired) electrons. The van der Waals surface area contributed by atoms with Gasteiger partial charge in [-0.2, -0.15) is 0 Å². The van der Waals surface area contributed by atoms with E-state index in [1.54, 1.807) is 0 Å². The molecule has 6 heteroatoms. The summed E-state index contributed by atoms with van der Waals surface area (Å²) in [5.74, 6) is -0.647. The SMILES string of the molecule is NC(=O)CNCC(O)C(F)F. The Labute approximate surface area is 62.4 Å². The van der Waals surface area contributed by atoms with Gasteiger partial charge in [0.1, 0.15) is 6.10 Å². The molecule has 0 aliphatic carbocycles. The second kappa shape index (κ2) is 4.97. The van der Waals surface area contributed by atoms with Crippen molar-refractivity contribution in [2.75, 3.05) is 13.1 Å². The first-order chi connectivity index (χ1) is 5.04. The zero-order valence-corrected chi connectivity index (χ0v) is 5.76. The molecule has 4 N–H and O–H groups in total. The third-order valence-electron chi connectivity index (χ3n) is 0.944. The van der Waals surface area contributed by atoms with Crippen LogP contribution in [0.2, 0.25) is 0 Å². The minimum absolute atomic E-state index is 0.205. The highest BCUT2D eigenvalue weighted by molar-refractivity contribution is 5.75. The number of hydrogen-bond acceptors (Lipinski definition) is 3. The van der Waals surface area contributed by atoms with Gasteiger partial charge in [0.2, 0.25) is 5.91 Å². The molecule has 0 spiro atoms. The number of aliphatic hydroxyl groups is 1. The molecule has 0 aromatic rings. The van der Waals surface area contributed by atoms with E-state index in [0.717, 1.165) is 0 Å². The number of nitrogens with one attached hydrogen (secondary N) is 1. The van der Waals surface area contributed by atoms with Crippen LogP contribution in [0, 0.1) is 0 Å². The molecule has 4 nitrogen and oxygen atoms in total. The number of hydrogen-bond donors (Lipinski definition) is 3. The smallest absolute Gasteiger partial charge is 0.265 e. The van der Waals surface area contributed by atoms with Crippen molar-refractivity contribution in [2.24, 2.45) is 5.73 Å². The molecule has 0 heterocycles.